The molecule has 144 valence electrons. The van der Waals surface area contributed by atoms with Crippen LogP contribution in [0, 0.1) is 6.92 Å². The summed E-state index contributed by atoms with van der Waals surface area (Å²) >= 11 is 0. The van der Waals surface area contributed by atoms with Gasteiger partial charge in [0.15, 0.2) is 6.10 Å². The lowest BCUT2D eigenvalue weighted by molar-refractivity contribution is -0.122. The van der Waals surface area contributed by atoms with E-state index in [-0.39, 0.29) is 11.3 Å². The van der Waals surface area contributed by atoms with Crippen molar-refractivity contribution in [2.24, 2.45) is 0 Å². The van der Waals surface area contributed by atoms with Crippen molar-refractivity contribution in [2.75, 3.05) is 5.32 Å². The van der Waals surface area contributed by atoms with Crippen molar-refractivity contribution in [2.45, 2.75) is 39.2 Å². The summed E-state index contributed by atoms with van der Waals surface area (Å²) in [4.78, 5) is 12.4. The van der Waals surface area contributed by atoms with E-state index in [4.69, 9.17) is 4.74 Å². The molecule has 0 bridgehead atoms. The number of carbonyl (C=O) groups excluding carboxylic acids is 1. The lowest BCUT2D eigenvalue weighted by Crippen LogP contribution is -2.30. The van der Waals surface area contributed by atoms with E-state index in [0.29, 0.717) is 5.75 Å². The maximum absolute atomic E-state index is 12.4. The van der Waals surface area contributed by atoms with Crippen LogP contribution in [0.5, 0.6) is 5.75 Å². The summed E-state index contributed by atoms with van der Waals surface area (Å²) in [6.07, 6.45) is -0.589. The third-order valence-corrected chi connectivity index (χ3v) is 5.07. The molecule has 0 aliphatic heterocycles. The number of hydrogen-bond acceptors (Lipinski definition) is 2. The zero-order chi connectivity index (χ0) is 20.1. The van der Waals surface area contributed by atoms with Crippen LogP contribution in [0.2, 0.25) is 0 Å². The van der Waals surface area contributed by atoms with Crippen LogP contribution in [-0.4, -0.2) is 12.0 Å². The molecule has 0 radical (unpaired) electrons. The molecule has 0 aromatic heterocycles. The third-order valence-electron chi connectivity index (χ3n) is 5.07. The number of amides is 1. The van der Waals surface area contributed by atoms with Gasteiger partial charge in [-0.25, -0.2) is 0 Å². The van der Waals surface area contributed by atoms with Gasteiger partial charge in [0, 0.05) is 11.1 Å². The molecule has 1 atom stereocenters. The molecular formula is C25H27NO2. The van der Waals surface area contributed by atoms with E-state index < -0.39 is 6.10 Å². The first-order valence-electron chi connectivity index (χ1n) is 9.56. The summed E-state index contributed by atoms with van der Waals surface area (Å²) < 4.78 is 5.83. The van der Waals surface area contributed by atoms with Gasteiger partial charge in [-0.3, -0.25) is 4.79 Å². The standard InChI is InChI=1S/C25H27NO2/c1-18-10-14-22(15-11-18)26-24(27)19(2)28-23-16-12-21(13-17-23)25(3,4)20-8-6-5-7-9-20/h5-17,19H,1-4H3,(H,26,27). The lowest BCUT2D eigenvalue weighted by atomic mass is 9.78. The molecule has 0 aliphatic rings. The predicted molar refractivity (Wildman–Crippen MR) is 115 cm³/mol. The minimum Gasteiger partial charge on any atom is -0.481 e. The number of hydrogen-bond donors (Lipinski definition) is 1. The van der Waals surface area contributed by atoms with Gasteiger partial charge in [0.25, 0.3) is 5.91 Å². The topological polar surface area (TPSA) is 38.3 Å². The third kappa shape index (κ3) is 4.61. The zero-order valence-electron chi connectivity index (χ0n) is 16.9. The first-order chi connectivity index (χ1) is 13.4. The average Bonchev–Trinajstić information content (AvgIpc) is 2.70. The van der Waals surface area contributed by atoms with Crippen molar-refractivity contribution in [1.82, 2.24) is 0 Å². The zero-order valence-corrected chi connectivity index (χ0v) is 16.9. The highest BCUT2D eigenvalue weighted by atomic mass is 16.5. The Labute approximate surface area is 167 Å². The Bertz CT molecular complexity index is 913. The van der Waals surface area contributed by atoms with E-state index in [1.54, 1.807) is 6.92 Å². The largest absolute Gasteiger partial charge is 0.481 e. The molecule has 0 fully saturated rings. The molecule has 3 aromatic carbocycles. The molecule has 3 aromatic rings. The summed E-state index contributed by atoms with van der Waals surface area (Å²) in [5.74, 6) is 0.511. The molecule has 1 N–H and O–H groups in total. The Balaban J connectivity index is 1.65. The highest BCUT2D eigenvalue weighted by molar-refractivity contribution is 5.94. The van der Waals surface area contributed by atoms with Crippen LogP contribution >= 0.6 is 0 Å². The number of aryl methyl sites for hydroxylation is 1. The molecule has 3 nitrogen and oxygen atoms in total. The van der Waals surface area contributed by atoms with Crippen LogP contribution in [0.3, 0.4) is 0 Å². The van der Waals surface area contributed by atoms with Gasteiger partial charge >= 0.3 is 0 Å². The highest BCUT2D eigenvalue weighted by Crippen LogP contribution is 2.32. The van der Waals surface area contributed by atoms with Crippen LogP contribution in [0.25, 0.3) is 0 Å². The van der Waals surface area contributed by atoms with Gasteiger partial charge in [-0.05, 0) is 49.2 Å². The monoisotopic (exact) mass is 373 g/mol. The predicted octanol–water partition coefficient (Wildman–Crippen LogP) is 5.73. The second kappa shape index (κ2) is 8.30. The van der Waals surface area contributed by atoms with Gasteiger partial charge in [-0.2, -0.15) is 0 Å². The molecular weight excluding hydrogens is 346 g/mol. The summed E-state index contributed by atoms with van der Waals surface area (Å²) in [5, 5.41) is 2.88. The second-order valence-electron chi connectivity index (χ2n) is 7.63. The maximum Gasteiger partial charge on any atom is 0.265 e. The van der Waals surface area contributed by atoms with Gasteiger partial charge in [0.1, 0.15) is 5.75 Å². The summed E-state index contributed by atoms with van der Waals surface area (Å²) in [7, 11) is 0. The Kier molecular flexibility index (Phi) is 5.84. The molecule has 0 saturated carbocycles. The quantitative estimate of drug-likeness (QED) is 0.599. The Morgan fingerprint density at radius 2 is 1.43 bits per heavy atom. The van der Waals surface area contributed by atoms with E-state index in [9.17, 15) is 4.79 Å². The van der Waals surface area contributed by atoms with Crippen LogP contribution in [0.1, 0.15) is 37.5 Å². The Hall–Kier alpha value is -3.07. The fraction of sp³-hybridized carbons (Fsp3) is 0.240. The molecule has 0 aliphatic carbocycles. The van der Waals surface area contributed by atoms with Gasteiger partial charge < -0.3 is 10.1 Å². The first-order valence-corrected chi connectivity index (χ1v) is 9.56. The van der Waals surface area contributed by atoms with Crippen molar-refractivity contribution in [1.29, 1.82) is 0 Å². The highest BCUT2D eigenvalue weighted by Gasteiger charge is 2.23. The molecule has 28 heavy (non-hydrogen) atoms. The average molecular weight is 373 g/mol. The van der Waals surface area contributed by atoms with Crippen LogP contribution in [-0.2, 0) is 10.2 Å². The lowest BCUT2D eigenvalue weighted by Gasteiger charge is -2.26. The Morgan fingerprint density at radius 1 is 0.857 bits per heavy atom. The maximum atomic E-state index is 12.4. The van der Waals surface area contributed by atoms with Crippen molar-refractivity contribution >= 4 is 11.6 Å². The van der Waals surface area contributed by atoms with E-state index in [0.717, 1.165) is 11.3 Å². The van der Waals surface area contributed by atoms with Gasteiger partial charge in [0.2, 0.25) is 0 Å². The molecule has 0 spiro atoms. The van der Waals surface area contributed by atoms with Gasteiger partial charge in [0.05, 0.1) is 0 Å². The molecule has 0 heterocycles. The number of carbonyl (C=O) groups is 1. The minimum atomic E-state index is -0.589. The summed E-state index contributed by atoms with van der Waals surface area (Å²) in [6.45, 7) is 8.18. The van der Waals surface area contributed by atoms with E-state index in [2.05, 4.69) is 55.6 Å². The first kappa shape index (κ1) is 19.7. The fourth-order valence-electron chi connectivity index (χ4n) is 3.11. The molecule has 3 rings (SSSR count). The molecule has 1 unspecified atom stereocenters. The van der Waals surface area contributed by atoms with E-state index in [1.807, 2.05) is 49.4 Å². The van der Waals surface area contributed by atoms with Gasteiger partial charge in [-0.15, -0.1) is 0 Å². The number of rotatable bonds is 6. The normalized spacial score (nSPS) is 12.3. The van der Waals surface area contributed by atoms with E-state index in [1.165, 1.54) is 11.1 Å². The van der Waals surface area contributed by atoms with Crippen molar-refractivity contribution in [3.8, 4) is 5.75 Å². The number of ether oxygens (including phenoxy) is 1. The van der Waals surface area contributed by atoms with Crippen molar-refractivity contribution < 1.29 is 9.53 Å². The van der Waals surface area contributed by atoms with Crippen LogP contribution in [0.4, 0.5) is 5.69 Å². The number of anilines is 1. The molecule has 3 heteroatoms. The SMILES string of the molecule is Cc1ccc(NC(=O)C(C)Oc2ccc(C(C)(C)c3ccccc3)cc2)cc1. The molecule has 1 amide bonds. The molecule has 0 saturated heterocycles. The Morgan fingerprint density at radius 3 is 2.04 bits per heavy atom. The van der Waals surface area contributed by atoms with Crippen LogP contribution in [0.15, 0.2) is 78.9 Å². The minimum absolute atomic E-state index is 0.103. The summed E-state index contributed by atoms with van der Waals surface area (Å²) in [5.41, 5.74) is 4.28. The van der Waals surface area contributed by atoms with E-state index >= 15 is 0 Å². The van der Waals surface area contributed by atoms with Crippen molar-refractivity contribution in [3.63, 3.8) is 0 Å². The van der Waals surface area contributed by atoms with Gasteiger partial charge in [-0.1, -0.05) is 74.0 Å². The fourth-order valence-corrected chi connectivity index (χ4v) is 3.11. The second-order valence-corrected chi connectivity index (χ2v) is 7.63. The van der Waals surface area contributed by atoms with Crippen LogP contribution < -0.4 is 10.1 Å². The number of nitrogens with one attached hydrogen (secondary N) is 1. The smallest absolute Gasteiger partial charge is 0.265 e. The number of benzene rings is 3. The summed E-state index contributed by atoms with van der Waals surface area (Å²) in [6, 6.07) is 26.1. The van der Waals surface area contributed by atoms with Crippen molar-refractivity contribution in [3.05, 3.63) is 95.6 Å².